The van der Waals surface area contributed by atoms with E-state index in [1.165, 1.54) is 6.07 Å². The van der Waals surface area contributed by atoms with Crippen molar-refractivity contribution in [1.29, 1.82) is 0 Å². The Bertz CT molecular complexity index is 1700. The van der Waals surface area contributed by atoms with E-state index < -0.39 is 11.9 Å². The molecule has 0 spiro atoms. The Labute approximate surface area is 257 Å². The number of carbonyl (C=O) groups excluding carboxylic acids is 2. The normalized spacial score (nSPS) is 17.2. The van der Waals surface area contributed by atoms with Crippen molar-refractivity contribution in [2.75, 3.05) is 23.3 Å². The summed E-state index contributed by atoms with van der Waals surface area (Å²) in [5, 5.41) is 6.63. The lowest BCUT2D eigenvalue weighted by Crippen LogP contribution is -2.42. The van der Waals surface area contributed by atoms with Gasteiger partial charge in [-0.2, -0.15) is 0 Å². The van der Waals surface area contributed by atoms with Gasteiger partial charge in [-0.3, -0.25) is 9.59 Å². The second-order valence-electron chi connectivity index (χ2n) is 12.2. The molecule has 0 bridgehead atoms. The zero-order valence-electron chi connectivity index (χ0n) is 25.0. The number of fused-ring (bicyclic) bond motifs is 1. The third-order valence-electron chi connectivity index (χ3n) is 8.14. The van der Waals surface area contributed by atoms with Gasteiger partial charge in [-0.25, -0.2) is 4.39 Å². The first-order valence-corrected chi connectivity index (χ1v) is 15.0. The maximum atomic E-state index is 15.1. The zero-order valence-corrected chi connectivity index (χ0v) is 25.0. The minimum Gasteiger partial charge on any atom is -0.454 e. The minimum atomic E-state index is -0.650. The van der Waals surface area contributed by atoms with Crippen molar-refractivity contribution in [3.05, 3.63) is 131 Å². The van der Waals surface area contributed by atoms with E-state index in [0.29, 0.717) is 42.7 Å². The van der Waals surface area contributed by atoms with Crippen LogP contribution in [0, 0.1) is 11.2 Å². The Morgan fingerprint density at radius 1 is 0.955 bits per heavy atom. The summed E-state index contributed by atoms with van der Waals surface area (Å²) in [6.07, 6.45) is 1.73. The molecule has 1 atom stereocenters. The number of benzene rings is 4. The second-order valence-corrected chi connectivity index (χ2v) is 12.2. The second kappa shape index (κ2) is 12.4. The van der Waals surface area contributed by atoms with Gasteiger partial charge in [-0.05, 0) is 65.8 Å². The lowest BCUT2D eigenvalue weighted by atomic mass is 9.73. The van der Waals surface area contributed by atoms with E-state index in [2.05, 4.69) is 24.5 Å². The Balaban J connectivity index is 1.41. The van der Waals surface area contributed by atoms with Crippen molar-refractivity contribution in [1.82, 2.24) is 5.32 Å². The predicted molar refractivity (Wildman–Crippen MR) is 171 cm³/mol. The van der Waals surface area contributed by atoms with Crippen LogP contribution in [0.4, 0.5) is 15.8 Å². The van der Waals surface area contributed by atoms with Crippen molar-refractivity contribution in [2.24, 2.45) is 5.41 Å². The van der Waals surface area contributed by atoms with Crippen LogP contribution in [0.15, 0.2) is 114 Å². The molecule has 1 heterocycles. The molecule has 6 rings (SSSR count). The summed E-state index contributed by atoms with van der Waals surface area (Å²) >= 11 is 0. The summed E-state index contributed by atoms with van der Waals surface area (Å²) in [5.74, 6) is -0.124. The van der Waals surface area contributed by atoms with Gasteiger partial charge >= 0.3 is 0 Å². The standard InChI is InChI=1S/C37H36FN3O3/c1-37(2)22-30-35(32(42)23-37)36(26-17-18-28(38)33(21-26)44-27-13-7-4-8-14-27)41(31-16-10-9-15-29(31)40-30)24-34(43)39-20-19-25-11-5-3-6-12-25/h3-18,21,36,40H,19-20,22-24H2,1-2H3,(H,39,43). The van der Waals surface area contributed by atoms with Gasteiger partial charge in [0.2, 0.25) is 5.91 Å². The van der Waals surface area contributed by atoms with Gasteiger partial charge in [0.25, 0.3) is 0 Å². The van der Waals surface area contributed by atoms with Crippen LogP contribution in [-0.4, -0.2) is 24.8 Å². The Morgan fingerprint density at radius 3 is 2.43 bits per heavy atom. The number of halogens is 1. The van der Waals surface area contributed by atoms with Crippen LogP contribution < -0.4 is 20.3 Å². The summed E-state index contributed by atoms with van der Waals surface area (Å²) in [4.78, 5) is 29.5. The highest BCUT2D eigenvalue weighted by Gasteiger charge is 2.42. The summed E-state index contributed by atoms with van der Waals surface area (Å²) in [6, 6.07) is 30.8. The maximum absolute atomic E-state index is 15.1. The van der Waals surface area contributed by atoms with Gasteiger partial charge in [0.15, 0.2) is 17.3 Å². The molecule has 1 amide bonds. The van der Waals surface area contributed by atoms with Crippen LogP contribution in [0.25, 0.3) is 0 Å². The van der Waals surface area contributed by atoms with E-state index in [4.69, 9.17) is 4.74 Å². The molecule has 7 heteroatoms. The van der Waals surface area contributed by atoms with E-state index in [1.807, 2.05) is 77.7 Å². The van der Waals surface area contributed by atoms with Crippen LogP contribution >= 0.6 is 0 Å². The van der Waals surface area contributed by atoms with Crippen molar-refractivity contribution in [3.63, 3.8) is 0 Å². The average Bonchev–Trinajstić information content (AvgIpc) is 3.13. The highest BCUT2D eigenvalue weighted by molar-refractivity contribution is 6.02. The molecule has 44 heavy (non-hydrogen) atoms. The number of hydrogen-bond acceptors (Lipinski definition) is 5. The zero-order chi connectivity index (χ0) is 30.7. The molecule has 1 unspecified atom stereocenters. The van der Waals surface area contributed by atoms with E-state index in [1.54, 1.807) is 24.3 Å². The number of anilines is 2. The topological polar surface area (TPSA) is 70.7 Å². The molecule has 224 valence electrons. The first-order chi connectivity index (χ1) is 21.3. The Kier molecular flexibility index (Phi) is 8.20. The van der Waals surface area contributed by atoms with Crippen LogP contribution in [0.2, 0.25) is 0 Å². The number of Topliss-reactive ketones (excluding diaryl/α,β-unsaturated/α-hetero) is 1. The molecule has 0 aromatic heterocycles. The van der Waals surface area contributed by atoms with Crippen molar-refractivity contribution in [2.45, 2.75) is 39.2 Å². The average molecular weight is 590 g/mol. The molecule has 1 aliphatic carbocycles. The van der Waals surface area contributed by atoms with E-state index in [-0.39, 0.29) is 29.4 Å². The lowest BCUT2D eigenvalue weighted by Gasteiger charge is -2.38. The molecule has 0 saturated heterocycles. The number of para-hydroxylation sites is 3. The maximum Gasteiger partial charge on any atom is 0.239 e. The number of rotatable bonds is 8. The smallest absolute Gasteiger partial charge is 0.239 e. The minimum absolute atomic E-state index is 0.00213. The largest absolute Gasteiger partial charge is 0.454 e. The molecule has 1 aliphatic heterocycles. The van der Waals surface area contributed by atoms with Crippen LogP contribution in [0.3, 0.4) is 0 Å². The number of nitrogens with zero attached hydrogens (tertiary/aromatic N) is 1. The summed E-state index contributed by atoms with van der Waals surface area (Å²) in [5.41, 5.74) is 4.57. The van der Waals surface area contributed by atoms with Gasteiger partial charge in [0, 0.05) is 24.2 Å². The molecule has 4 aromatic rings. The van der Waals surface area contributed by atoms with Gasteiger partial charge in [-0.1, -0.05) is 80.6 Å². The van der Waals surface area contributed by atoms with E-state index in [9.17, 15) is 9.59 Å². The lowest BCUT2D eigenvalue weighted by molar-refractivity contribution is -0.120. The summed E-state index contributed by atoms with van der Waals surface area (Å²) in [6.45, 7) is 4.65. The predicted octanol–water partition coefficient (Wildman–Crippen LogP) is 7.59. The van der Waals surface area contributed by atoms with E-state index >= 15 is 4.39 Å². The first kappa shape index (κ1) is 29.2. The van der Waals surface area contributed by atoms with Crippen molar-refractivity contribution < 1.29 is 18.7 Å². The Hall–Kier alpha value is -4.91. The van der Waals surface area contributed by atoms with E-state index in [0.717, 1.165) is 22.6 Å². The number of hydrogen-bond donors (Lipinski definition) is 2. The van der Waals surface area contributed by atoms with Crippen LogP contribution in [0.5, 0.6) is 11.5 Å². The highest BCUT2D eigenvalue weighted by Crippen LogP contribution is 2.48. The summed E-state index contributed by atoms with van der Waals surface area (Å²) in [7, 11) is 0. The van der Waals surface area contributed by atoms with Crippen molar-refractivity contribution in [3.8, 4) is 11.5 Å². The SMILES string of the molecule is CC1(C)CC(=O)C2=C(C1)Nc1ccccc1N(CC(=O)NCCc1ccccc1)C2c1ccc(F)c(Oc2ccccc2)c1. The fourth-order valence-electron chi connectivity index (χ4n) is 6.16. The van der Waals surface area contributed by atoms with Crippen molar-refractivity contribution >= 4 is 23.1 Å². The number of nitrogens with one attached hydrogen (secondary N) is 2. The molecule has 4 aromatic carbocycles. The number of ether oxygens (including phenoxy) is 1. The van der Waals surface area contributed by atoms with Crippen LogP contribution in [0.1, 0.15) is 43.9 Å². The number of amides is 1. The molecular formula is C37H36FN3O3. The number of carbonyl (C=O) groups is 2. The fraction of sp³-hybridized carbons (Fsp3) is 0.243. The first-order valence-electron chi connectivity index (χ1n) is 15.0. The molecule has 0 fully saturated rings. The molecule has 2 aliphatic rings. The van der Waals surface area contributed by atoms with Crippen LogP contribution in [-0.2, 0) is 16.0 Å². The number of ketones is 1. The third-order valence-corrected chi connectivity index (χ3v) is 8.14. The third kappa shape index (κ3) is 6.37. The quantitative estimate of drug-likeness (QED) is 0.222. The van der Waals surface area contributed by atoms with Gasteiger partial charge < -0.3 is 20.3 Å². The van der Waals surface area contributed by atoms with Gasteiger partial charge in [0.05, 0.1) is 24.0 Å². The van der Waals surface area contributed by atoms with Gasteiger partial charge in [-0.15, -0.1) is 0 Å². The van der Waals surface area contributed by atoms with Gasteiger partial charge in [0.1, 0.15) is 5.75 Å². The summed E-state index contributed by atoms with van der Waals surface area (Å²) < 4.78 is 21.1. The molecular weight excluding hydrogens is 553 g/mol. The Morgan fingerprint density at radius 2 is 1.66 bits per heavy atom. The molecule has 2 N–H and O–H groups in total. The number of allylic oxidation sites excluding steroid dienone is 1. The molecule has 6 nitrogen and oxygen atoms in total. The molecule has 0 radical (unpaired) electrons. The fourth-order valence-corrected chi connectivity index (χ4v) is 6.16. The monoisotopic (exact) mass is 589 g/mol. The molecule has 0 saturated carbocycles. The highest BCUT2D eigenvalue weighted by atomic mass is 19.1.